The van der Waals surface area contributed by atoms with E-state index in [0.717, 1.165) is 16.7 Å². The van der Waals surface area contributed by atoms with Gasteiger partial charge in [-0.15, -0.1) is 0 Å². The van der Waals surface area contributed by atoms with Crippen molar-refractivity contribution in [3.63, 3.8) is 0 Å². The molecule has 1 aliphatic rings. The zero-order chi connectivity index (χ0) is 17.8. The molecule has 0 saturated carbocycles. The van der Waals surface area contributed by atoms with Gasteiger partial charge in [-0.25, -0.2) is 4.39 Å². The first-order chi connectivity index (χ1) is 12.8. The van der Waals surface area contributed by atoms with E-state index in [2.05, 4.69) is 28.4 Å². The van der Waals surface area contributed by atoms with E-state index in [9.17, 15) is 4.39 Å². The van der Waals surface area contributed by atoms with Gasteiger partial charge in [0.2, 0.25) is 0 Å². The number of hydrazone groups is 1. The van der Waals surface area contributed by atoms with Crippen molar-refractivity contribution in [3.05, 3.63) is 108 Å². The Labute approximate surface area is 152 Å². The zero-order valence-electron chi connectivity index (χ0n) is 14.2. The van der Waals surface area contributed by atoms with Crippen molar-refractivity contribution in [2.75, 3.05) is 0 Å². The summed E-state index contributed by atoms with van der Waals surface area (Å²) >= 11 is 0. The van der Waals surface area contributed by atoms with Gasteiger partial charge >= 0.3 is 0 Å². The molecule has 4 heteroatoms. The quantitative estimate of drug-likeness (QED) is 0.678. The Hall–Kier alpha value is -3.27. The molecule has 1 atom stereocenters. The number of aromatic nitrogens is 1. The monoisotopic (exact) mass is 343 g/mol. The van der Waals surface area contributed by atoms with Crippen LogP contribution in [0.3, 0.4) is 0 Å². The highest BCUT2D eigenvalue weighted by Crippen LogP contribution is 2.34. The van der Waals surface area contributed by atoms with Crippen molar-refractivity contribution in [2.24, 2.45) is 5.10 Å². The van der Waals surface area contributed by atoms with Crippen molar-refractivity contribution >= 4 is 11.8 Å². The SMILES string of the molecule is Fc1ccc(C2C=NN(Cc3ccccc3)C=C2c2ccncc2)cc1. The van der Waals surface area contributed by atoms with Crippen LogP contribution in [0.1, 0.15) is 22.6 Å². The lowest BCUT2D eigenvalue weighted by atomic mass is 9.88. The van der Waals surface area contributed by atoms with E-state index in [1.54, 1.807) is 12.4 Å². The Kier molecular flexibility index (Phi) is 4.56. The Morgan fingerprint density at radius 1 is 0.885 bits per heavy atom. The van der Waals surface area contributed by atoms with Crippen LogP contribution in [0.25, 0.3) is 5.57 Å². The van der Waals surface area contributed by atoms with Gasteiger partial charge < -0.3 is 0 Å². The van der Waals surface area contributed by atoms with Gasteiger partial charge in [-0.3, -0.25) is 9.99 Å². The number of rotatable bonds is 4. The molecular weight excluding hydrogens is 325 g/mol. The third-order valence-electron chi connectivity index (χ3n) is 4.42. The Balaban J connectivity index is 1.68. The molecule has 3 aromatic rings. The second-order valence-electron chi connectivity index (χ2n) is 6.20. The van der Waals surface area contributed by atoms with Crippen molar-refractivity contribution in [2.45, 2.75) is 12.5 Å². The molecule has 128 valence electrons. The van der Waals surface area contributed by atoms with Crippen LogP contribution >= 0.6 is 0 Å². The zero-order valence-corrected chi connectivity index (χ0v) is 14.2. The van der Waals surface area contributed by atoms with Gasteiger partial charge in [-0.2, -0.15) is 5.10 Å². The van der Waals surface area contributed by atoms with Crippen LogP contribution in [0.15, 0.2) is 90.4 Å². The lowest BCUT2D eigenvalue weighted by Crippen LogP contribution is -2.19. The van der Waals surface area contributed by atoms with Crippen LogP contribution in [0.2, 0.25) is 0 Å². The van der Waals surface area contributed by atoms with Gasteiger partial charge in [0.25, 0.3) is 0 Å². The minimum absolute atomic E-state index is 0.0231. The van der Waals surface area contributed by atoms with Crippen LogP contribution in [0.4, 0.5) is 4.39 Å². The molecule has 0 N–H and O–H groups in total. The van der Waals surface area contributed by atoms with Gasteiger partial charge in [-0.1, -0.05) is 42.5 Å². The largest absolute Gasteiger partial charge is 0.268 e. The van der Waals surface area contributed by atoms with Gasteiger partial charge in [-0.05, 0) is 46.5 Å². The Morgan fingerprint density at radius 3 is 2.35 bits per heavy atom. The molecule has 0 saturated heterocycles. The summed E-state index contributed by atoms with van der Waals surface area (Å²) < 4.78 is 13.3. The fraction of sp³-hybridized carbons (Fsp3) is 0.0909. The third kappa shape index (κ3) is 3.54. The van der Waals surface area contributed by atoms with Crippen LogP contribution < -0.4 is 0 Å². The highest BCUT2D eigenvalue weighted by molar-refractivity contribution is 5.89. The van der Waals surface area contributed by atoms with E-state index in [0.29, 0.717) is 6.54 Å². The maximum absolute atomic E-state index is 13.3. The predicted molar refractivity (Wildman–Crippen MR) is 102 cm³/mol. The van der Waals surface area contributed by atoms with Gasteiger partial charge in [0, 0.05) is 30.7 Å². The van der Waals surface area contributed by atoms with Crippen LogP contribution in [0.5, 0.6) is 0 Å². The second kappa shape index (κ2) is 7.31. The number of pyridine rings is 1. The number of hydrogen-bond acceptors (Lipinski definition) is 3. The average molecular weight is 343 g/mol. The molecule has 0 aliphatic carbocycles. The Morgan fingerprint density at radius 2 is 1.62 bits per heavy atom. The van der Waals surface area contributed by atoms with Crippen molar-refractivity contribution in [1.82, 2.24) is 9.99 Å². The fourth-order valence-electron chi connectivity index (χ4n) is 3.10. The molecule has 0 radical (unpaired) electrons. The summed E-state index contributed by atoms with van der Waals surface area (Å²) in [7, 11) is 0. The molecule has 0 fully saturated rings. The fourth-order valence-corrected chi connectivity index (χ4v) is 3.10. The predicted octanol–water partition coefficient (Wildman–Crippen LogP) is 4.85. The van der Waals surface area contributed by atoms with E-state index in [4.69, 9.17) is 0 Å². The lowest BCUT2D eigenvalue weighted by molar-refractivity contribution is 0.389. The second-order valence-corrected chi connectivity index (χ2v) is 6.20. The molecule has 26 heavy (non-hydrogen) atoms. The first-order valence-electron chi connectivity index (χ1n) is 8.52. The lowest BCUT2D eigenvalue weighted by Gasteiger charge is -2.26. The highest BCUT2D eigenvalue weighted by Gasteiger charge is 2.21. The summed E-state index contributed by atoms with van der Waals surface area (Å²) in [4.78, 5) is 4.11. The number of nitrogens with zero attached hydrogens (tertiary/aromatic N) is 3. The molecule has 2 heterocycles. The molecule has 1 unspecified atom stereocenters. The summed E-state index contributed by atoms with van der Waals surface area (Å²) in [6.07, 6.45) is 7.55. The molecule has 2 aromatic carbocycles. The molecule has 0 bridgehead atoms. The number of halogens is 1. The summed E-state index contributed by atoms with van der Waals surface area (Å²) in [5, 5.41) is 6.54. The molecule has 1 aliphatic heterocycles. The van der Waals surface area contributed by atoms with E-state index >= 15 is 0 Å². The van der Waals surface area contributed by atoms with Crippen molar-refractivity contribution in [3.8, 4) is 0 Å². The van der Waals surface area contributed by atoms with Crippen LogP contribution in [-0.2, 0) is 6.54 Å². The highest BCUT2D eigenvalue weighted by atomic mass is 19.1. The Bertz CT molecular complexity index is 919. The summed E-state index contributed by atoms with van der Waals surface area (Å²) in [5.41, 5.74) is 4.40. The molecule has 0 spiro atoms. The van der Waals surface area contributed by atoms with Crippen molar-refractivity contribution < 1.29 is 4.39 Å². The van der Waals surface area contributed by atoms with Gasteiger partial charge in [0.15, 0.2) is 0 Å². The minimum atomic E-state index is -0.235. The van der Waals surface area contributed by atoms with Gasteiger partial charge in [0.05, 0.1) is 6.54 Å². The first-order valence-corrected chi connectivity index (χ1v) is 8.52. The molecule has 4 rings (SSSR count). The van der Waals surface area contributed by atoms with E-state index in [1.165, 1.54) is 17.7 Å². The summed E-state index contributed by atoms with van der Waals surface area (Å²) in [5.74, 6) is -0.258. The first kappa shape index (κ1) is 16.2. The molecule has 1 aromatic heterocycles. The standard InChI is InChI=1S/C22H18FN3/c23-20-8-6-18(7-9-20)21-14-25-26(15-17-4-2-1-3-5-17)16-22(21)19-10-12-24-13-11-19/h1-14,16,21H,15H2. The van der Waals surface area contributed by atoms with Crippen LogP contribution in [-0.4, -0.2) is 16.2 Å². The van der Waals surface area contributed by atoms with E-state index in [-0.39, 0.29) is 11.7 Å². The normalized spacial score (nSPS) is 16.4. The average Bonchev–Trinajstić information content (AvgIpc) is 2.70. The molecular formula is C22H18FN3. The van der Waals surface area contributed by atoms with Gasteiger partial charge in [0.1, 0.15) is 5.82 Å². The van der Waals surface area contributed by atoms with Crippen molar-refractivity contribution in [1.29, 1.82) is 0 Å². The number of benzene rings is 2. The maximum atomic E-state index is 13.3. The van der Waals surface area contributed by atoms with E-state index < -0.39 is 0 Å². The maximum Gasteiger partial charge on any atom is 0.123 e. The summed E-state index contributed by atoms with van der Waals surface area (Å²) in [6, 6.07) is 20.8. The number of allylic oxidation sites excluding steroid dienone is 1. The minimum Gasteiger partial charge on any atom is -0.268 e. The number of hydrogen-bond donors (Lipinski definition) is 0. The summed E-state index contributed by atoms with van der Waals surface area (Å²) in [6.45, 7) is 0.696. The third-order valence-corrected chi connectivity index (χ3v) is 4.42. The molecule has 3 nitrogen and oxygen atoms in total. The van der Waals surface area contributed by atoms with E-state index in [1.807, 2.05) is 53.7 Å². The van der Waals surface area contributed by atoms with Crippen LogP contribution in [0, 0.1) is 5.82 Å². The topological polar surface area (TPSA) is 28.5 Å². The molecule has 0 amide bonds. The smallest absolute Gasteiger partial charge is 0.123 e.